The SMILES string of the molecule is CC(C)(C=C(C#N)C(=O)N1CCCC[C@@H]1COC(=O)NC(Cc1coc2ccccc12)B(O)O)N1CCC(F)(F)C1. The minimum absolute atomic E-state index is 0.0763. The predicted molar refractivity (Wildman–Crippen MR) is 147 cm³/mol. The summed E-state index contributed by atoms with van der Waals surface area (Å²) < 4.78 is 38.5. The van der Waals surface area contributed by atoms with Crippen LogP contribution in [0.1, 0.15) is 45.1 Å². The molecule has 1 aromatic heterocycles. The van der Waals surface area contributed by atoms with Gasteiger partial charge in [0.15, 0.2) is 0 Å². The van der Waals surface area contributed by atoms with E-state index in [0.29, 0.717) is 30.5 Å². The van der Waals surface area contributed by atoms with Gasteiger partial charge in [0.25, 0.3) is 11.8 Å². The molecule has 0 spiro atoms. The van der Waals surface area contributed by atoms with Gasteiger partial charge in [-0.05, 0) is 57.2 Å². The number of nitriles is 1. The summed E-state index contributed by atoms with van der Waals surface area (Å²) >= 11 is 0. The molecule has 2 saturated heterocycles. The first-order chi connectivity index (χ1) is 19.4. The Morgan fingerprint density at radius 2 is 2.07 bits per heavy atom. The predicted octanol–water partition coefficient (Wildman–Crippen LogP) is 3.03. The fourth-order valence-corrected chi connectivity index (χ4v) is 5.43. The van der Waals surface area contributed by atoms with Gasteiger partial charge in [0.05, 0.1) is 24.8 Å². The summed E-state index contributed by atoms with van der Waals surface area (Å²) in [7, 11) is -1.87. The standard InChI is InChI=1S/C28H35BF2N4O6/c1-27(2,34-12-10-28(30,31)18-34)14-20(15-32)25(36)35-11-6-5-7-21(35)17-41-26(37)33-24(29(38)39)13-19-16-40-23-9-4-3-8-22(19)23/h3-4,8-9,14,16,21,24,38-39H,5-7,10-13,17-18H2,1-2H3,(H,33,37)/t21-,24?/m1/s1. The minimum Gasteiger partial charge on any atom is -0.464 e. The van der Waals surface area contributed by atoms with Crippen molar-refractivity contribution in [3.63, 3.8) is 0 Å². The summed E-state index contributed by atoms with van der Waals surface area (Å²) in [5.41, 5.74) is 0.214. The summed E-state index contributed by atoms with van der Waals surface area (Å²) in [6, 6.07) is 8.66. The largest absolute Gasteiger partial charge is 0.475 e. The molecule has 2 atom stereocenters. The number of rotatable bonds is 9. The lowest BCUT2D eigenvalue weighted by molar-refractivity contribution is -0.131. The zero-order valence-electron chi connectivity index (χ0n) is 23.2. The van der Waals surface area contributed by atoms with Gasteiger partial charge in [-0.2, -0.15) is 5.26 Å². The second-order valence-corrected chi connectivity index (χ2v) is 11.2. The molecule has 13 heteroatoms. The number of para-hydroxylation sites is 1. The summed E-state index contributed by atoms with van der Waals surface area (Å²) in [6.07, 6.45) is 3.86. The molecule has 0 bridgehead atoms. The lowest BCUT2D eigenvalue weighted by Gasteiger charge is -2.36. The van der Waals surface area contributed by atoms with Crippen LogP contribution in [0.2, 0.25) is 0 Å². The van der Waals surface area contributed by atoms with E-state index in [1.54, 1.807) is 24.8 Å². The summed E-state index contributed by atoms with van der Waals surface area (Å²) in [4.78, 5) is 29.1. The smallest absolute Gasteiger partial charge is 0.464 e. The molecule has 2 aromatic rings. The highest BCUT2D eigenvalue weighted by Gasteiger charge is 2.43. The van der Waals surface area contributed by atoms with E-state index in [0.717, 1.165) is 11.8 Å². The molecule has 220 valence electrons. The van der Waals surface area contributed by atoms with Gasteiger partial charge in [0.1, 0.15) is 23.8 Å². The molecule has 2 amide bonds. The van der Waals surface area contributed by atoms with E-state index in [4.69, 9.17) is 9.15 Å². The van der Waals surface area contributed by atoms with E-state index in [1.165, 1.54) is 17.2 Å². The van der Waals surface area contributed by atoms with Gasteiger partial charge >= 0.3 is 13.2 Å². The topological polar surface area (TPSA) is 139 Å². The molecule has 0 aliphatic carbocycles. The molecule has 1 aromatic carbocycles. The maximum absolute atomic E-state index is 13.8. The van der Waals surface area contributed by atoms with Crippen molar-refractivity contribution in [2.24, 2.45) is 0 Å². The number of hydrogen-bond donors (Lipinski definition) is 3. The van der Waals surface area contributed by atoms with E-state index in [2.05, 4.69) is 5.32 Å². The van der Waals surface area contributed by atoms with E-state index < -0.39 is 49.1 Å². The third kappa shape index (κ3) is 7.44. The van der Waals surface area contributed by atoms with Crippen LogP contribution in [0, 0.1) is 11.3 Å². The van der Waals surface area contributed by atoms with Crippen molar-refractivity contribution in [2.45, 2.75) is 69.4 Å². The maximum Gasteiger partial charge on any atom is 0.475 e. The van der Waals surface area contributed by atoms with Crippen LogP contribution in [-0.2, 0) is 16.0 Å². The molecule has 2 aliphatic rings. The van der Waals surface area contributed by atoms with E-state index >= 15 is 0 Å². The Bertz CT molecular complexity index is 1320. The van der Waals surface area contributed by atoms with E-state index in [1.807, 2.05) is 24.3 Å². The molecular weight excluding hydrogens is 537 g/mol. The van der Waals surface area contributed by atoms with Crippen LogP contribution in [-0.4, -0.2) is 88.7 Å². The first kappa shape index (κ1) is 30.5. The number of nitrogens with zero attached hydrogens (tertiary/aromatic N) is 3. The monoisotopic (exact) mass is 572 g/mol. The van der Waals surface area contributed by atoms with Crippen LogP contribution >= 0.6 is 0 Å². The second-order valence-electron chi connectivity index (χ2n) is 11.2. The van der Waals surface area contributed by atoms with Crippen molar-refractivity contribution < 1.29 is 37.6 Å². The maximum atomic E-state index is 13.8. The first-order valence-corrected chi connectivity index (χ1v) is 13.7. The quantitative estimate of drug-likeness (QED) is 0.237. The average molecular weight is 572 g/mol. The molecule has 4 rings (SSSR count). The lowest BCUT2D eigenvalue weighted by atomic mass is 9.76. The highest BCUT2D eigenvalue weighted by atomic mass is 19.3. The Balaban J connectivity index is 1.38. The van der Waals surface area contributed by atoms with E-state index in [-0.39, 0.29) is 31.6 Å². The van der Waals surface area contributed by atoms with Gasteiger partial charge in [0.2, 0.25) is 0 Å². The Kier molecular flexibility index (Phi) is 9.36. The molecule has 3 heterocycles. The van der Waals surface area contributed by atoms with Crippen molar-refractivity contribution in [3.05, 3.63) is 47.7 Å². The number of carbonyl (C=O) groups is 2. The number of piperidine rings is 1. The van der Waals surface area contributed by atoms with E-state index in [9.17, 15) is 33.7 Å². The molecule has 0 saturated carbocycles. The van der Waals surface area contributed by atoms with Crippen LogP contribution in [0.15, 0.2) is 46.6 Å². The molecule has 3 N–H and O–H groups in total. The minimum atomic E-state index is -2.81. The third-order valence-electron chi connectivity index (χ3n) is 7.79. The Morgan fingerprint density at radius 1 is 1.32 bits per heavy atom. The lowest BCUT2D eigenvalue weighted by Crippen LogP contribution is -2.50. The number of ether oxygens (including phenoxy) is 1. The molecule has 1 unspecified atom stereocenters. The number of alkyl carbamates (subject to hydrolysis) is 1. The van der Waals surface area contributed by atoms with Crippen molar-refractivity contribution in [2.75, 3.05) is 26.2 Å². The Morgan fingerprint density at radius 3 is 2.76 bits per heavy atom. The number of benzene rings is 1. The van der Waals surface area contributed by atoms with Crippen LogP contribution < -0.4 is 5.32 Å². The Hall–Kier alpha value is -3.47. The zero-order chi connectivity index (χ0) is 29.8. The summed E-state index contributed by atoms with van der Waals surface area (Å²) in [6.45, 7) is 3.28. The fourth-order valence-electron chi connectivity index (χ4n) is 5.43. The summed E-state index contributed by atoms with van der Waals surface area (Å²) in [5.74, 6) is -4.44. The van der Waals surface area contributed by atoms with Gasteiger partial charge in [-0.3, -0.25) is 9.69 Å². The number of amides is 2. The van der Waals surface area contributed by atoms with Crippen LogP contribution in [0.3, 0.4) is 0 Å². The number of furan rings is 1. The number of fused-ring (bicyclic) bond motifs is 1. The third-order valence-corrected chi connectivity index (χ3v) is 7.79. The van der Waals surface area contributed by atoms with Gasteiger partial charge in [-0.25, -0.2) is 13.6 Å². The zero-order valence-corrected chi connectivity index (χ0v) is 23.2. The van der Waals surface area contributed by atoms with Gasteiger partial charge in [0, 0.05) is 30.4 Å². The Labute approximate surface area is 237 Å². The first-order valence-electron chi connectivity index (χ1n) is 13.7. The van der Waals surface area contributed by atoms with Gasteiger partial charge in [-0.1, -0.05) is 18.2 Å². The highest BCUT2D eigenvalue weighted by Crippen LogP contribution is 2.33. The summed E-state index contributed by atoms with van der Waals surface area (Å²) in [5, 5.41) is 32.8. The van der Waals surface area contributed by atoms with Gasteiger partial charge < -0.3 is 29.4 Å². The van der Waals surface area contributed by atoms with Crippen LogP contribution in [0.4, 0.5) is 13.6 Å². The molecule has 2 aliphatic heterocycles. The van der Waals surface area contributed by atoms with Crippen LogP contribution in [0.25, 0.3) is 11.0 Å². The molecule has 0 radical (unpaired) electrons. The normalized spacial score (nSPS) is 20.5. The van der Waals surface area contributed by atoms with Crippen molar-refractivity contribution >= 4 is 30.1 Å². The second kappa shape index (κ2) is 12.6. The number of likely N-dealkylation sites (tertiary alicyclic amines) is 2. The molecule has 10 nitrogen and oxygen atoms in total. The number of carbonyl (C=O) groups excluding carboxylic acids is 2. The van der Waals surface area contributed by atoms with Crippen molar-refractivity contribution in [1.82, 2.24) is 15.1 Å². The van der Waals surface area contributed by atoms with Crippen molar-refractivity contribution in [1.29, 1.82) is 5.26 Å². The van der Waals surface area contributed by atoms with Crippen LogP contribution in [0.5, 0.6) is 0 Å². The molecule has 41 heavy (non-hydrogen) atoms. The number of halogens is 2. The fraction of sp³-hybridized carbons (Fsp3) is 0.536. The highest BCUT2D eigenvalue weighted by molar-refractivity contribution is 6.43. The number of nitrogens with one attached hydrogen (secondary N) is 1. The molecular formula is C28H35BF2N4O6. The number of hydrogen-bond acceptors (Lipinski definition) is 8. The van der Waals surface area contributed by atoms with Gasteiger partial charge in [-0.15, -0.1) is 0 Å². The molecule has 2 fully saturated rings. The number of alkyl halides is 2. The van der Waals surface area contributed by atoms with Crippen molar-refractivity contribution in [3.8, 4) is 6.07 Å². The average Bonchev–Trinajstić information content (AvgIpc) is 3.53.